The fraction of sp³-hybridized carbons (Fsp3) is 0.143. The third-order valence-corrected chi connectivity index (χ3v) is 3.84. The largest absolute Gasteiger partial charge is 0.469 e. The van der Waals surface area contributed by atoms with Crippen molar-refractivity contribution in [2.45, 2.75) is 6.73 Å². The number of nitro groups is 1. The number of carbonyl (C=O) groups excluding carboxylic acids is 1. The van der Waals surface area contributed by atoms with E-state index in [-0.39, 0.29) is 18.5 Å². The van der Waals surface area contributed by atoms with Crippen molar-refractivity contribution in [1.29, 1.82) is 0 Å². The van der Waals surface area contributed by atoms with Gasteiger partial charge >= 0.3 is 5.82 Å². The third kappa shape index (κ3) is 4.64. The van der Waals surface area contributed by atoms with E-state index in [1.165, 1.54) is 34.9 Å². The summed E-state index contributed by atoms with van der Waals surface area (Å²) in [5, 5.41) is 25.2. The van der Waals surface area contributed by atoms with Gasteiger partial charge in [0.25, 0.3) is 0 Å². The predicted octanol–water partition coefficient (Wildman–Crippen LogP) is 1.38. The van der Waals surface area contributed by atoms with Crippen molar-refractivity contribution in [2.75, 3.05) is 5.75 Å². The lowest BCUT2D eigenvalue weighted by atomic mass is 10.2. The second-order valence-corrected chi connectivity index (χ2v) is 5.77. The van der Waals surface area contributed by atoms with Crippen LogP contribution in [-0.4, -0.2) is 37.7 Å². The summed E-state index contributed by atoms with van der Waals surface area (Å²) >= 11 is 1.29. The molecule has 128 valence electrons. The predicted molar refractivity (Wildman–Crippen MR) is 91.6 cm³/mol. The Balaban J connectivity index is 1.59. The van der Waals surface area contributed by atoms with Gasteiger partial charge < -0.3 is 20.2 Å². The average molecular weight is 360 g/mol. The minimum atomic E-state index is -0.569. The van der Waals surface area contributed by atoms with E-state index >= 15 is 0 Å². The highest BCUT2D eigenvalue weighted by Crippen LogP contribution is 2.14. The van der Waals surface area contributed by atoms with Crippen molar-refractivity contribution >= 4 is 34.9 Å². The Bertz CT molecular complexity index is 863. The van der Waals surface area contributed by atoms with Crippen LogP contribution in [0, 0.1) is 10.1 Å². The van der Waals surface area contributed by atoms with Crippen molar-refractivity contribution < 1.29 is 14.5 Å². The number of hydrogen-bond acceptors (Lipinski definition) is 8. The van der Waals surface area contributed by atoms with Gasteiger partial charge in [-0.3, -0.25) is 4.79 Å². The fourth-order valence-corrected chi connectivity index (χ4v) is 2.50. The topological polar surface area (TPSA) is 124 Å². The van der Waals surface area contributed by atoms with Crippen LogP contribution in [0.15, 0.2) is 46.7 Å². The maximum absolute atomic E-state index is 11.0. The first-order chi connectivity index (χ1) is 12.1. The maximum Gasteiger partial charge on any atom is 0.390 e. The smallest absolute Gasteiger partial charge is 0.390 e. The van der Waals surface area contributed by atoms with Crippen LogP contribution in [-0.2, 0) is 11.5 Å². The SMILES string of the molecule is O=C1CSC(=NN=Cc2cccc(OCn3ccc([N+](=O)[O-])n3)c2)N1. The Hall–Kier alpha value is -3.21. The number of ether oxygens (including phenoxy) is 1. The molecule has 0 spiro atoms. The van der Waals surface area contributed by atoms with Gasteiger partial charge in [0.05, 0.1) is 29.3 Å². The van der Waals surface area contributed by atoms with Gasteiger partial charge in [0.1, 0.15) is 5.75 Å². The lowest BCUT2D eigenvalue weighted by Gasteiger charge is -2.04. The van der Waals surface area contributed by atoms with Crippen LogP contribution in [0.3, 0.4) is 0 Å². The van der Waals surface area contributed by atoms with Gasteiger partial charge in [-0.2, -0.15) is 5.10 Å². The number of carbonyl (C=O) groups is 1. The first-order valence-electron chi connectivity index (χ1n) is 7.04. The van der Waals surface area contributed by atoms with Crippen LogP contribution in [0.25, 0.3) is 0 Å². The summed E-state index contributed by atoms with van der Waals surface area (Å²) < 4.78 is 6.86. The molecule has 1 N–H and O–H groups in total. The molecule has 1 aliphatic heterocycles. The zero-order valence-corrected chi connectivity index (χ0v) is 13.5. The van der Waals surface area contributed by atoms with Crippen LogP contribution in [0.4, 0.5) is 5.82 Å². The van der Waals surface area contributed by atoms with Gasteiger partial charge in [-0.25, -0.2) is 0 Å². The number of aromatic nitrogens is 2. The number of rotatable bonds is 6. The molecule has 11 heteroatoms. The summed E-state index contributed by atoms with van der Waals surface area (Å²) in [7, 11) is 0. The molecular weight excluding hydrogens is 348 g/mol. The van der Waals surface area contributed by atoms with E-state index in [0.29, 0.717) is 16.7 Å². The summed E-state index contributed by atoms with van der Waals surface area (Å²) in [5.74, 6) is 0.579. The van der Waals surface area contributed by atoms with Gasteiger partial charge in [-0.05, 0) is 22.6 Å². The molecule has 1 saturated heterocycles. The highest BCUT2D eigenvalue weighted by atomic mass is 32.2. The van der Waals surface area contributed by atoms with Crippen LogP contribution >= 0.6 is 11.8 Å². The van der Waals surface area contributed by atoms with E-state index in [4.69, 9.17) is 4.74 Å². The van der Waals surface area contributed by atoms with Gasteiger partial charge in [-0.15, -0.1) is 9.78 Å². The number of benzene rings is 1. The first-order valence-corrected chi connectivity index (χ1v) is 8.03. The van der Waals surface area contributed by atoms with Gasteiger partial charge in [0.2, 0.25) is 12.6 Å². The van der Waals surface area contributed by atoms with E-state index < -0.39 is 4.92 Å². The molecule has 3 rings (SSSR count). The van der Waals surface area contributed by atoms with E-state index in [9.17, 15) is 14.9 Å². The molecule has 2 heterocycles. The molecule has 0 saturated carbocycles. The average Bonchev–Trinajstić information content (AvgIpc) is 3.23. The first kappa shape index (κ1) is 16.6. The normalized spacial score (nSPS) is 15.7. The Morgan fingerprint density at radius 3 is 3.08 bits per heavy atom. The maximum atomic E-state index is 11.0. The Kier molecular flexibility index (Phi) is 5.04. The van der Waals surface area contributed by atoms with E-state index in [2.05, 4.69) is 20.6 Å². The van der Waals surface area contributed by atoms with E-state index in [1.807, 2.05) is 6.07 Å². The molecule has 1 aromatic carbocycles. The molecule has 1 aliphatic rings. The zero-order valence-electron chi connectivity index (χ0n) is 12.7. The monoisotopic (exact) mass is 360 g/mol. The van der Waals surface area contributed by atoms with Gasteiger partial charge in [0.15, 0.2) is 5.17 Å². The number of thioether (sulfide) groups is 1. The van der Waals surface area contributed by atoms with E-state index in [1.54, 1.807) is 18.2 Å². The quantitative estimate of drug-likeness (QED) is 0.471. The van der Waals surface area contributed by atoms with Crippen LogP contribution in [0.2, 0.25) is 0 Å². The molecule has 1 fully saturated rings. The van der Waals surface area contributed by atoms with E-state index in [0.717, 1.165) is 5.56 Å². The molecule has 25 heavy (non-hydrogen) atoms. The van der Waals surface area contributed by atoms with Gasteiger partial charge in [-0.1, -0.05) is 23.9 Å². The third-order valence-electron chi connectivity index (χ3n) is 2.98. The highest BCUT2D eigenvalue weighted by Gasteiger charge is 2.15. The van der Waals surface area contributed by atoms with Crippen LogP contribution in [0.5, 0.6) is 5.75 Å². The number of amidine groups is 1. The van der Waals surface area contributed by atoms with Crippen molar-refractivity contribution in [3.63, 3.8) is 0 Å². The minimum Gasteiger partial charge on any atom is -0.469 e. The molecule has 0 bridgehead atoms. The lowest BCUT2D eigenvalue weighted by molar-refractivity contribution is -0.389. The molecule has 1 aromatic heterocycles. The molecule has 1 amide bonds. The molecular formula is C14H12N6O4S. The standard InChI is InChI=1S/C14H12N6O4S/c21-13-8-25-14(16-13)17-15-7-10-2-1-3-11(6-10)24-9-19-5-4-12(18-19)20(22)23/h1-7H,8-9H2,(H,16,17,21). The van der Waals surface area contributed by atoms with Crippen LogP contribution < -0.4 is 10.1 Å². The Morgan fingerprint density at radius 1 is 1.48 bits per heavy atom. The molecule has 0 radical (unpaired) electrons. The fourth-order valence-electron chi connectivity index (χ4n) is 1.87. The molecule has 10 nitrogen and oxygen atoms in total. The number of amides is 1. The Labute approximate surface area is 145 Å². The second-order valence-electron chi connectivity index (χ2n) is 4.80. The summed E-state index contributed by atoms with van der Waals surface area (Å²) in [4.78, 5) is 21.1. The molecule has 0 atom stereocenters. The summed E-state index contributed by atoms with van der Waals surface area (Å²) in [6.07, 6.45) is 3.00. The lowest BCUT2D eigenvalue weighted by Crippen LogP contribution is -2.19. The summed E-state index contributed by atoms with van der Waals surface area (Å²) in [6.45, 7) is 0.0411. The minimum absolute atomic E-state index is 0.0411. The Morgan fingerprint density at radius 2 is 2.36 bits per heavy atom. The van der Waals surface area contributed by atoms with Crippen LogP contribution in [0.1, 0.15) is 5.56 Å². The van der Waals surface area contributed by atoms with Crippen molar-refractivity contribution in [3.05, 3.63) is 52.2 Å². The zero-order chi connectivity index (χ0) is 17.6. The summed E-state index contributed by atoms with van der Waals surface area (Å²) in [5.41, 5.74) is 0.752. The van der Waals surface area contributed by atoms with Crippen molar-refractivity contribution in [2.24, 2.45) is 10.2 Å². The van der Waals surface area contributed by atoms with Crippen molar-refractivity contribution in [1.82, 2.24) is 15.1 Å². The molecule has 0 aliphatic carbocycles. The van der Waals surface area contributed by atoms with Gasteiger partial charge in [0, 0.05) is 0 Å². The number of nitrogens with zero attached hydrogens (tertiary/aromatic N) is 5. The molecule has 0 unspecified atom stereocenters. The number of hydrogen-bond donors (Lipinski definition) is 1. The number of nitrogens with one attached hydrogen (secondary N) is 1. The highest BCUT2D eigenvalue weighted by molar-refractivity contribution is 8.15. The van der Waals surface area contributed by atoms with Crippen molar-refractivity contribution in [3.8, 4) is 5.75 Å². The second kappa shape index (κ2) is 7.57. The summed E-state index contributed by atoms with van der Waals surface area (Å²) in [6, 6.07) is 8.37. The molecule has 2 aromatic rings.